The Labute approximate surface area is 828 Å². The summed E-state index contributed by atoms with van der Waals surface area (Å²) in [5.41, 5.74) is 15.8. The largest absolute Gasteiger partial charge is 0.507 e. The Morgan fingerprint density at radius 1 is 0.338 bits per heavy atom. The Hall–Kier alpha value is -20.2. The number of nitrogens with one attached hydrogen (secondary N) is 10. The average Bonchev–Trinajstić information content (AvgIpc) is 1.40. The molecule has 0 aliphatic heterocycles. The second-order valence-electron chi connectivity index (χ2n) is 32.5. The van der Waals surface area contributed by atoms with Crippen molar-refractivity contribution in [1.29, 1.82) is 0 Å². The number of fused-ring (bicyclic) bond motifs is 5. The third kappa shape index (κ3) is 21.2. The van der Waals surface area contributed by atoms with Crippen LogP contribution in [0.25, 0.3) is 168 Å². The van der Waals surface area contributed by atoms with Crippen LogP contribution in [0.15, 0.2) is 232 Å². The van der Waals surface area contributed by atoms with Crippen LogP contribution in [0, 0.1) is 17.5 Å². The molecule has 748 valence electrons. The van der Waals surface area contributed by atoms with Crippen LogP contribution >= 0.6 is 0 Å². The lowest BCUT2D eigenvalue weighted by Gasteiger charge is -2.18. The molecule has 42 nitrogen and oxygen atoms in total. The number of methoxy groups -OCH3 is 1. The van der Waals surface area contributed by atoms with Crippen molar-refractivity contribution in [3.05, 3.63) is 299 Å². The molecule has 148 heavy (non-hydrogen) atoms. The fraction of sp³-hybridized carbons (Fsp3) is 0.136. The maximum atomic E-state index is 14.1. The van der Waals surface area contributed by atoms with Crippen molar-refractivity contribution >= 4 is 85.4 Å². The van der Waals surface area contributed by atoms with Gasteiger partial charge < -0.3 is 115 Å². The van der Waals surface area contributed by atoms with E-state index in [1.54, 1.807) is 110 Å². The van der Waals surface area contributed by atoms with Crippen LogP contribution in [0.3, 0.4) is 0 Å². The summed E-state index contributed by atoms with van der Waals surface area (Å²) in [6, 6.07) is 45.8. The summed E-state index contributed by atoms with van der Waals surface area (Å²) >= 11 is 0. The molecule has 0 unspecified atom stereocenters. The number of carboxylic acid groups (broad SMARTS) is 4. The van der Waals surface area contributed by atoms with E-state index in [9.17, 15) is 71.6 Å². The second-order valence-corrected chi connectivity index (χ2v) is 32.5. The van der Waals surface area contributed by atoms with Crippen molar-refractivity contribution in [2.45, 2.75) is 59.5 Å². The van der Waals surface area contributed by atoms with E-state index in [-0.39, 0.29) is 107 Å². The van der Waals surface area contributed by atoms with Gasteiger partial charge in [-0.1, -0.05) is 48.5 Å². The van der Waals surface area contributed by atoms with Crippen LogP contribution in [-0.4, -0.2) is 194 Å². The molecule has 0 spiro atoms. The SMILES string of the molecule is CCOc1cc(-c2cc(F)c(O)c(F)c2)ccc1-c1nc2nc[nH]c2c(=O)[nH]1.CCOc1cc(-c2ccc(C(=O)O)c(F)c2)ccc1-c1nc2nc[nH]c2c(=O)[nH]1.CCOc1cc(-c2ccc(C(=O)O)c(N)c2)ccc1-c1nc2nc[nH]c2c(=O)[nH]1.CCOc1cc(-c2ccc(C(=O)O)c(OC)c2)ccc1-c1nc2nc[nH]c2c(=O)[nH]1.O=C(O)c1ccc(-c2ccc(-c3nc4nc[nH]c4c(=O)[nH]3)c(OC3CCCC3)c2)c(O)c1. The molecule has 21 rings (SSSR count). The molecule has 18 N–H and O–H groups in total. The number of aromatic amines is 10. The number of phenols is 2. The second kappa shape index (κ2) is 43.1. The van der Waals surface area contributed by atoms with Gasteiger partial charge in [0.05, 0.1) is 116 Å². The number of ether oxygens (including phenoxy) is 6. The third-order valence-corrected chi connectivity index (χ3v) is 23.3. The number of rotatable bonds is 25. The predicted octanol–water partition coefficient (Wildman–Crippen LogP) is 16.0. The third-order valence-electron chi connectivity index (χ3n) is 23.3. The number of carboxylic acids is 4. The van der Waals surface area contributed by atoms with E-state index < -0.39 is 52.6 Å². The summed E-state index contributed by atoms with van der Waals surface area (Å²) in [6.07, 6.45) is 11.1. The molecule has 10 aromatic carbocycles. The number of H-pyrrole nitrogens is 10. The molecule has 1 aliphatic rings. The minimum absolute atomic E-state index is 0.000574. The number of anilines is 1. The number of imidazole rings is 5. The van der Waals surface area contributed by atoms with Gasteiger partial charge in [-0.3, -0.25) is 24.0 Å². The van der Waals surface area contributed by atoms with Crippen LogP contribution in [0.1, 0.15) is 94.8 Å². The van der Waals surface area contributed by atoms with Crippen molar-refractivity contribution in [3.63, 3.8) is 0 Å². The number of nitrogens with zero attached hydrogens (tertiary/aromatic N) is 10. The minimum Gasteiger partial charge on any atom is -0.507 e. The first-order chi connectivity index (χ1) is 71.4. The van der Waals surface area contributed by atoms with Gasteiger partial charge in [0.2, 0.25) is 0 Å². The number of phenolic OH excluding ortho intramolecular Hbond substituents is 2. The van der Waals surface area contributed by atoms with Crippen LogP contribution < -0.4 is 62.0 Å². The summed E-state index contributed by atoms with van der Waals surface area (Å²) in [4.78, 5) is 176. The number of hydrogen-bond acceptors (Lipinski definition) is 28. The molecule has 0 radical (unpaired) electrons. The zero-order chi connectivity index (χ0) is 104. The maximum Gasteiger partial charge on any atom is 0.339 e. The van der Waals surface area contributed by atoms with Crippen molar-refractivity contribution in [3.8, 4) is 159 Å². The molecule has 0 bridgehead atoms. The lowest BCUT2D eigenvalue weighted by atomic mass is 10.00. The smallest absolute Gasteiger partial charge is 0.339 e. The Bertz CT molecular complexity index is 8660. The monoisotopic (exact) mass is 2010 g/mol. The fourth-order valence-electron chi connectivity index (χ4n) is 16.2. The number of benzene rings is 10. The number of halogens is 3. The van der Waals surface area contributed by atoms with Gasteiger partial charge >= 0.3 is 23.9 Å². The van der Waals surface area contributed by atoms with E-state index >= 15 is 0 Å². The highest BCUT2D eigenvalue weighted by Crippen LogP contribution is 2.43. The van der Waals surface area contributed by atoms with Gasteiger partial charge in [-0.25, -0.2) is 82.2 Å². The predicted molar refractivity (Wildman–Crippen MR) is 536 cm³/mol. The maximum absolute atomic E-state index is 14.1. The number of aromatic hydroxyl groups is 2. The molecule has 20 aromatic rings. The topological polar surface area (TPSA) is 643 Å². The van der Waals surface area contributed by atoms with Crippen molar-refractivity contribution < 1.29 is 91.4 Å². The molecular formula is C103H84F3N21O21. The van der Waals surface area contributed by atoms with Crippen molar-refractivity contribution in [2.75, 3.05) is 39.3 Å². The number of hydrogen-bond donors (Lipinski definition) is 17. The van der Waals surface area contributed by atoms with Gasteiger partial charge in [0.25, 0.3) is 27.8 Å². The quantitative estimate of drug-likeness (QED) is 0.0236. The van der Waals surface area contributed by atoms with E-state index in [4.69, 9.17) is 49.5 Å². The van der Waals surface area contributed by atoms with Gasteiger partial charge in [-0.2, -0.15) is 0 Å². The number of nitrogens with two attached hydrogens (primary N) is 1. The van der Waals surface area contributed by atoms with Crippen LogP contribution in [0.4, 0.5) is 18.9 Å². The Balaban J connectivity index is 0.000000126. The summed E-state index contributed by atoms with van der Waals surface area (Å²) < 4.78 is 75.9. The van der Waals surface area contributed by atoms with Gasteiger partial charge in [0.15, 0.2) is 73.2 Å². The van der Waals surface area contributed by atoms with Gasteiger partial charge in [0.1, 0.15) is 80.7 Å². The number of nitrogen functional groups attached to an aromatic ring is 1. The first-order valence-corrected chi connectivity index (χ1v) is 45.3. The molecule has 0 saturated heterocycles. The van der Waals surface area contributed by atoms with Crippen LogP contribution in [-0.2, 0) is 0 Å². The van der Waals surface area contributed by atoms with E-state index in [0.29, 0.717) is 162 Å². The fourth-order valence-corrected chi connectivity index (χ4v) is 16.2. The normalized spacial score (nSPS) is 11.6. The zero-order valence-corrected chi connectivity index (χ0v) is 78.4. The molecule has 1 fully saturated rings. The van der Waals surface area contributed by atoms with Crippen molar-refractivity contribution in [1.82, 2.24) is 99.7 Å². The lowest BCUT2D eigenvalue weighted by Crippen LogP contribution is -2.13. The molecule has 10 heterocycles. The van der Waals surface area contributed by atoms with Crippen LogP contribution in [0.5, 0.6) is 46.0 Å². The number of carbonyl (C=O) groups is 4. The highest BCUT2D eigenvalue weighted by atomic mass is 19.1. The Morgan fingerprint density at radius 2 is 0.628 bits per heavy atom. The first-order valence-electron chi connectivity index (χ1n) is 45.3. The molecule has 0 atom stereocenters. The summed E-state index contributed by atoms with van der Waals surface area (Å²) in [5, 5.41) is 56.2. The summed E-state index contributed by atoms with van der Waals surface area (Å²) in [6.45, 7) is 8.80. The molecule has 10 aromatic heterocycles. The molecule has 45 heteroatoms. The van der Waals surface area contributed by atoms with E-state index in [1.807, 2.05) is 39.0 Å². The highest BCUT2D eigenvalue weighted by Gasteiger charge is 2.27. The Kier molecular flexibility index (Phi) is 28.9. The van der Waals surface area contributed by atoms with Gasteiger partial charge in [0, 0.05) is 11.3 Å². The average molecular weight is 2010 g/mol. The Morgan fingerprint density at radius 3 is 0.953 bits per heavy atom. The van der Waals surface area contributed by atoms with E-state index in [0.717, 1.165) is 66.1 Å². The number of aromatic carboxylic acids is 4. The van der Waals surface area contributed by atoms with E-state index in [1.165, 1.54) is 75.1 Å². The van der Waals surface area contributed by atoms with Gasteiger partial charge in [-0.15, -0.1) is 0 Å². The van der Waals surface area contributed by atoms with Crippen LogP contribution in [0.2, 0.25) is 0 Å². The molecule has 1 saturated carbocycles. The molecular weight excluding hydrogens is 1920 g/mol. The standard InChI is InChI=1S/C23H20N4O5.C21H18N4O5.C20H15FN4O4.C20H17N5O4.C19H14F2N4O3/c28-17-9-13(23(30)31)6-7-15(17)12-5-8-16(18(10-12)32-14-3-1-2-4-14)20-26-21-19(22(29)27-20)24-11-25-21;1-3-30-16-9-12(11-5-7-14(21(27)28)15(8-11)29-2)4-6-13(16)18-24-19-17(20(26)25-18)22-10-23-19;2*1-2-29-15-8-11(10-3-5-12(20(27)28)14(21)7-10)4-6-13(15)17-24-18-16(19(26)25-17)22-9-23-18;1-2-28-14-7-9(10-5-12(20)16(26)13(21)6-10)3-4-11(14)17-24-18-15(19(27)25-17)22-8-23-18/h5-11,14,28H,1-4H2,(H,30,31)(H2,24,25,26,27,29);4-10H,3H2,1-2H3,(H,27,28)(H2,22,23,24,25,26);3-9H,2H2,1H3,(H,27,28)(H2,22,23,24,25,26);3-9H,2,21H2,1H3,(H,27,28)(H2,22,23,24,25,26);3-8,26H,2H2,1H3,(H2,22,23,24,25,27). The van der Waals surface area contributed by atoms with Gasteiger partial charge in [-0.05, 0) is 231 Å². The molecule has 0 amide bonds. The van der Waals surface area contributed by atoms with Crippen molar-refractivity contribution in [2.24, 2.45) is 0 Å². The minimum atomic E-state index is -1.33. The highest BCUT2D eigenvalue weighted by molar-refractivity contribution is 5.96. The van der Waals surface area contributed by atoms with E-state index in [2.05, 4.69) is 99.7 Å². The summed E-state index contributed by atoms with van der Waals surface area (Å²) in [5.74, 6) is -4.53. The lowest BCUT2D eigenvalue weighted by molar-refractivity contribution is 0.0681. The zero-order valence-electron chi connectivity index (χ0n) is 78.4. The summed E-state index contributed by atoms with van der Waals surface area (Å²) in [7, 11) is 1.42. The first kappa shape index (κ1) is 99.4. The number of aromatic nitrogens is 20. The molecule has 1 aliphatic carbocycles.